The summed E-state index contributed by atoms with van der Waals surface area (Å²) in [6.45, 7) is 5.67. The molecule has 1 N–H and O–H groups in total. The molecule has 3 aromatic rings. The van der Waals surface area contributed by atoms with Gasteiger partial charge < -0.3 is 4.74 Å². The van der Waals surface area contributed by atoms with Gasteiger partial charge in [-0.15, -0.1) is 11.3 Å². The van der Waals surface area contributed by atoms with Crippen molar-refractivity contribution >= 4 is 32.3 Å². The molecule has 0 aliphatic carbocycles. The normalized spacial score (nSPS) is 11.2. The lowest BCUT2D eigenvalue weighted by Crippen LogP contribution is -2.15. The monoisotopic (exact) mass is 415 g/mol. The zero-order chi connectivity index (χ0) is 20.3. The van der Waals surface area contributed by atoms with Crippen LogP contribution >= 0.6 is 11.3 Å². The molecule has 0 saturated carbocycles. The lowest BCUT2D eigenvalue weighted by molar-refractivity contribution is 0.0529. The summed E-state index contributed by atoms with van der Waals surface area (Å²) in [5.41, 5.74) is 2.72. The molecule has 0 saturated heterocycles. The Bertz CT molecular complexity index is 1090. The predicted molar refractivity (Wildman–Crippen MR) is 112 cm³/mol. The quantitative estimate of drug-likeness (QED) is 0.575. The molecule has 0 aliphatic rings. The van der Waals surface area contributed by atoms with Gasteiger partial charge in [0.25, 0.3) is 10.0 Å². The van der Waals surface area contributed by atoms with E-state index in [-0.39, 0.29) is 22.1 Å². The number of hydrogen-bond donors (Lipinski definition) is 1. The highest BCUT2D eigenvalue weighted by atomic mass is 32.2. The Kier molecular flexibility index (Phi) is 5.86. The number of sulfonamides is 1. The van der Waals surface area contributed by atoms with Crippen LogP contribution in [0.2, 0.25) is 0 Å². The Morgan fingerprint density at radius 1 is 1.04 bits per heavy atom. The Morgan fingerprint density at radius 2 is 1.68 bits per heavy atom. The van der Waals surface area contributed by atoms with Crippen LogP contribution in [-0.4, -0.2) is 21.0 Å². The van der Waals surface area contributed by atoms with Crippen LogP contribution < -0.4 is 4.72 Å². The van der Waals surface area contributed by atoms with Gasteiger partial charge in [-0.1, -0.05) is 48.0 Å². The summed E-state index contributed by atoms with van der Waals surface area (Å²) in [5.74, 6) is -0.549. The fourth-order valence-corrected chi connectivity index (χ4v) is 5.24. The van der Waals surface area contributed by atoms with E-state index in [1.165, 1.54) is 11.3 Å². The SMILES string of the molecule is CCOC(=O)c1c(NS(=O)(=O)c2ccc(C)cc2)sc(C)c1-c1ccccc1. The minimum atomic E-state index is -3.83. The first kappa shape index (κ1) is 20.1. The van der Waals surface area contributed by atoms with Crippen molar-refractivity contribution in [3.05, 3.63) is 70.6 Å². The summed E-state index contributed by atoms with van der Waals surface area (Å²) in [7, 11) is -3.83. The van der Waals surface area contributed by atoms with Crippen LogP contribution in [0.1, 0.15) is 27.7 Å². The van der Waals surface area contributed by atoms with E-state index in [1.54, 1.807) is 31.2 Å². The second-order valence-electron chi connectivity index (χ2n) is 6.24. The first-order valence-electron chi connectivity index (χ1n) is 8.79. The fraction of sp³-hybridized carbons (Fsp3) is 0.190. The maximum atomic E-state index is 12.8. The molecule has 0 spiro atoms. The summed E-state index contributed by atoms with van der Waals surface area (Å²) >= 11 is 1.22. The van der Waals surface area contributed by atoms with Gasteiger partial charge in [0, 0.05) is 10.4 Å². The van der Waals surface area contributed by atoms with Crippen molar-refractivity contribution in [3.63, 3.8) is 0 Å². The minimum absolute atomic E-state index is 0.139. The third kappa shape index (κ3) is 4.10. The number of esters is 1. The van der Waals surface area contributed by atoms with Gasteiger partial charge in [-0.2, -0.15) is 0 Å². The second-order valence-corrected chi connectivity index (χ2v) is 9.15. The number of ether oxygens (including phenoxy) is 1. The van der Waals surface area contributed by atoms with Crippen LogP contribution in [0, 0.1) is 13.8 Å². The molecule has 0 amide bonds. The Hall–Kier alpha value is -2.64. The predicted octanol–water partition coefficient (Wildman–Crippen LogP) is 5.01. The van der Waals surface area contributed by atoms with Crippen molar-refractivity contribution in [2.75, 3.05) is 11.3 Å². The van der Waals surface area contributed by atoms with Gasteiger partial charge in [0.2, 0.25) is 0 Å². The van der Waals surface area contributed by atoms with E-state index in [4.69, 9.17) is 4.74 Å². The molecule has 2 aromatic carbocycles. The summed E-state index contributed by atoms with van der Waals surface area (Å²) in [6.07, 6.45) is 0. The van der Waals surface area contributed by atoms with Gasteiger partial charge >= 0.3 is 5.97 Å². The van der Waals surface area contributed by atoms with Crippen LogP contribution in [-0.2, 0) is 14.8 Å². The fourth-order valence-electron chi connectivity index (χ4n) is 2.87. The molecular weight excluding hydrogens is 394 g/mol. The van der Waals surface area contributed by atoms with Crippen LogP contribution in [0.15, 0.2) is 59.5 Å². The van der Waals surface area contributed by atoms with Crippen molar-refractivity contribution in [2.45, 2.75) is 25.7 Å². The number of rotatable bonds is 6. The topological polar surface area (TPSA) is 72.5 Å². The maximum Gasteiger partial charge on any atom is 0.341 e. The summed E-state index contributed by atoms with van der Waals surface area (Å²) < 4.78 is 33.5. The third-order valence-corrected chi connectivity index (χ3v) is 6.70. The molecule has 0 aliphatic heterocycles. The highest BCUT2D eigenvalue weighted by Crippen LogP contribution is 2.41. The Morgan fingerprint density at radius 3 is 2.29 bits per heavy atom. The summed E-state index contributed by atoms with van der Waals surface area (Å²) in [4.78, 5) is 13.7. The number of nitrogens with one attached hydrogen (secondary N) is 1. The number of carbonyl (C=O) groups excluding carboxylic acids is 1. The van der Waals surface area contributed by atoms with E-state index < -0.39 is 16.0 Å². The van der Waals surface area contributed by atoms with E-state index in [9.17, 15) is 13.2 Å². The van der Waals surface area contributed by atoms with Crippen molar-refractivity contribution in [2.24, 2.45) is 0 Å². The number of benzene rings is 2. The number of aryl methyl sites for hydroxylation is 2. The minimum Gasteiger partial charge on any atom is -0.462 e. The Balaban J connectivity index is 2.10. The number of hydrogen-bond acceptors (Lipinski definition) is 5. The largest absolute Gasteiger partial charge is 0.462 e. The molecule has 0 radical (unpaired) electrons. The molecule has 0 bridgehead atoms. The van der Waals surface area contributed by atoms with Crippen LogP contribution in [0.3, 0.4) is 0 Å². The zero-order valence-corrected chi connectivity index (χ0v) is 17.5. The molecule has 28 heavy (non-hydrogen) atoms. The highest BCUT2D eigenvalue weighted by molar-refractivity contribution is 7.93. The molecule has 7 heteroatoms. The highest BCUT2D eigenvalue weighted by Gasteiger charge is 2.27. The molecule has 146 valence electrons. The van der Waals surface area contributed by atoms with Gasteiger partial charge in [0.1, 0.15) is 10.6 Å². The molecule has 5 nitrogen and oxygen atoms in total. The molecule has 0 atom stereocenters. The average molecular weight is 416 g/mol. The smallest absolute Gasteiger partial charge is 0.341 e. The van der Waals surface area contributed by atoms with E-state index in [0.29, 0.717) is 5.56 Å². The number of thiophene rings is 1. The molecule has 0 fully saturated rings. The molecule has 0 unspecified atom stereocenters. The lowest BCUT2D eigenvalue weighted by atomic mass is 10.0. The van der Waals surface area contributed by atoms with Gasteiger partial charge in [0.15, 0.2) is 0 Å². The van der Waals surface area contributed by atoms with Gasteiger partial charge in [0.05, 0.1) is 11.5 Å². The van der Waals surface area contributed by atoms with Crippen molar-refractivity contribution in [3.8, 4) is 11.1 Å². The van der Waals surface area contributed by atoms with Crippen molar-refractivity contribution in [1.82, 2.24) is 0 Å². The van der Waals surface area contributed by atoms with E-state index in [1.807, 2.05) is 44.2 Å². The lowest BCUT2D eigenvalue weighted by Gasteiger charge is -2.10. The summed E-state index contributed by atoms with van der Waals surface area (Å²) in [6, 6.07) is 15.9. The van der Waals surface area contributed by atoms with Crippen LogP contribution in [0.5, 0.6) is 0 Å². The Labute approximate surface area is 169 Å². The van der Waals surface area contributed by atoms with E-state index in [2.05, 4.69) is 4.72 Å². The van der Waals surface area contributed by atoms with Gasteiger partial charge in [-0.05, 0) is 38.5 Å². The molecule has 1 heterocycles. The molecular formula is C21H21NO4S2. The average Bonchev–Trinajstić information content (AvgIpc) is 2.98. The maximum absolute atomic E-state index is 12.8. The van der Waals surface area contributed by atoms with E-state index in [0.717, 1.165) is 16.0 Å². The van der Waals surface area contributed by atoms with Crippen molar-refractivity contribution < 1.29 is 17.9 Å². The standard InChI is InChI=1S/C21H21NO4S2/c1-4-26-21(23)19-18(16-8-6-5-7-9-16)15(3)27-20(19)22-28(24,25)17-12-10-14(2)11-13-17/h5-13,22H,4H2,1-3H3. The van der Waals surface area contributed by atoms with Crippen LogP contribution in [0.25, 0.3) is 11.1 Å². The summed E-state index contributed by atoms with van der Waals surface area (Å²) in [5, 5.41) is 0.260. The van der Waals surface area contributed by atoms with Gasteiger partial charge in [-0.25, -0.2) is 13.2 Å². The number of carbonyl (C=O) groups is 1. The first-order chi connectivity index (χ1) is 13.3. The van der Waals surface area contributed by atoms with Crippen molar-refractivity contribution in [1.29, 1.82) is 0 Å². The van der Waals surface area contributed by atoms with Crippen LogP contribution in [0.4, 0.5) is 5.00 Å². The third-order valence-electron chi connectivity index (χ3n) is 4.18. The first-order valence-corrected chi connectivity index (χ1v) is 11.1. The molecule has 1 aromatic heterocycles. The number of anilines is 1. The van der Waals surface area contributed by atoms with E-state index >= 15 is 0 Å². The zero-order valence-electron chi connectivity index (χ0n) is 15.9. The second kappa shape index (κ2) is 8.16. The molecule has 3 rings (SSSR count). The van der Waals surface area contributed by atoms with Gasteiger partial charge in [-0.3, -0.25) is 4.72 Å².